The van der Waals surface area contributed by atoms with E-state index in [4.69, 9.17) is 14.2 Å². The van der Waals surface area contributed by atoms with Crippen molar-refractivity contribution in [1.82, 2.24) is 0 Å². The zero-order valence-corrected chi connectivity index (χ0v) is 55.3. The van der Waals surface area contributed by atoms with Crippen LogP contribution in [0.4, 0.5) is 0 Å². The number of unbranched alkanes of at least 4 members (excludes halogenated alkanes) is 49. The fourth-order valence-corrected chi connectivity index (χ4v) is 11.0. The molecule has 480 valence electrons. The van der Waals surface area contributed by atoms with Crippen molar-refractivity contribution in [3.05, 3.63) is 48.6 Å². The maximum atomic E-state index is 12.9. The van der Waals surface area contributed by atoms with E-state index in [2.05, 4.69) is 69.4 Å². The van der Waals surface area contributed by atoms with E-state index >= 15 is 0 Å². The fourth-order valence-electron chi connectivity index (χ4n) is 11.0. The number of carbonyl (C=O) groups is 3. The summed E-state index contributed by atoms with van der Waals surface area (Å²) in [4.78, 5) is 38.4. The summed E-state index contributed by atoms with van der Waals surface area (Å²) in [6.07, 6.45) is 90.2. The number of ether oxygens (including phenoxy) is 3. The highest BCUT2D eigenvalue weighted by Gasteiger charge is 2.19. The molecular weight excluding hydrogens is 1010 g/mol. The Hall–Kier alpha value is -2.63. The van der Waals surface area contributed by atoms with Crippen molar-refractivity contribution < 1.29 is 28.6 Å². The maximum absolute atomic E-state index is 12.9. The van der Waals surface area contributed by atoms with Gasteiger partial charge < -0.3 is 14.2 Å². The largest absolute Gasteiger partial charge is 0.462 e. The summed E-state index contributed by atoms with van der Waals surface area (Å²) in [5, 5.41) is 0. The van der Waals surface area contributed by atoms with Crippen molar-refractivity contribution >= 4 is 17.9 Å². The first-order valence-corrected chi connectivity index (χ1v) is 36.6. The minimum absolute atomic E-state index is 0.0676. The van der Waals surface area contributed by atoms with Crippen molar-refractivity contribution in [1.29, 1.82) is 0 Å². The molecule has 1 unspecified atom stereocenters. The molecule has 6 heteroatoms. The Morgan fingerprint density at radius 2 is 0.439 bits per heavy atom. The van der Waals surface area contributed by atoms with Gasteiger partial charge in [0.2, 0.25) is 0 Å². The van der Waals surface area contributed by atoms with E-state index in [0.717, 1.165) is 70.6 Å². The third-order valence-corrected chi connectivity index (χ3v) is 16.6. The molecule has 0 aliphatic heterocycles. The van der Waals surface area contributed by atoms with E-state index in [9.17, 15) is 14.4 Å². The van der Waals surface area contributed by atoms with Gasteiger partial charge in [0.1, 0.15) is 13.2 Å². The summed E-state index contributed by atoms with van der Waals surface area (Å²) in [6, 6.07) is 0. The number of rotatable bonds is 68. The minimum atomic E-state index is -0.770. The molecule has 0 aromatic carbocycles. The van der Waals surface area contributed by atoms with Gasteiger partial charge in [-0.25, -0.2) is 0 Å². The van der Waals surface area contributed by atoms with E-state index in [1.165, 1.54) is 289 Å². The molecule has 0 N–H and O–H groups in total. The fraction of sp³-hybridized carbons (Fsp3) is 0.855. The smallest absolute Gasteiger partial charge is 0.306 e. The Kier molecular flexibility index (Phi) is 68.6. The predicted molar refractivity (Wildman–Crippen MR) is 358 cm³/mol. The van der Waals surface area contributed by atoms with Crippen molar-refractivity contribution in [2.75, 3.05) is 13.2 Å². The summed E-state index contributed by atoms with van der Waals surface area (Å²) in [7, 11) is 0. The molecule has 0 heterocycles. The molecule has 0 saturated carbocycles. The monoisotopic (exact) mass is 1150 g/mol. The lowest BCUT2D eigenvalue weighted by Gasteiger charge is -2.18. The number of hydrogen-bond donors (Lipinski definition) is 0. The van der Waals surface area contributed by atoms with Gasteiger partial charge >= 0.3 is 17.9 Å². The second-order valence-electron chi connectivity index (χ2n) is 24.9. The first-order valence-electron chi connectivity index (χ1n) is 36.6. The van der Waals surface area contributed by atoms with E-state index in [1.807, 2.05) is 0 Å². The Balaban J connectivity index is 4.13. The van der Waals surface area contributed by atoms with Crippen LogP contribution in [0.25, 0.3) is 0 Å². The van der Waals surface area contributed by atoms with Crippen molar-refractivity contribution in [3.8, 4) is 0 Å². The highest BCUT2D eigenvalue weighted by Crippen LogP contribution is 2.18. The third kappa shape index (κ3) is 68.2. The number of hydrogen-bond acceptors (Lipinski definition) is 6. The van der Waals surface area contributed by atoms with E-state index in [-0.39, 0.29) is 31.1 Å². The average Bonchev–Trinajstić information content (AvgIpc) is 3.48. The summed E-state index contributed by atoms with van der Waals surface area (Å²) in [5.74, 6) is -0.842. The molecule has 0 fully saturated rings. The lowest BCUT2D eigenvalue weighted by molar-refractivity contribution is -0.167. The molecule has 0 amide bonds. The van der Waals surface area contributed by atoms with Gasteiger partial charge in [-0.15, -0.1) is 0 Å². The molecule has 0 bridgehead atoms. The molecule has 0 spiro atoms. The van der Waals surface area contributed by atoms with Crippen LogP contribution in [0, 0.1) is 0 Å². The topological polar surface area (TPSA) is 78.9 Å². The highest BCUT2D eigenvalue weighted by atomic mass is 16.6. The van der Waals surface area contributed by atoms with Gasteiger partial charge in [0, 0.05) is 19.3 Å². The maximum Gasteiger partial charge on any atom is 0.306 e. The molecular formula is C76H140O6. The predicted octanol–water partition coefficient (Wildman–Crippen LogP) is 25.3. The van der Waals surface area contributed by atoms with Crippen LogP contribution in [0.3, 0.4) is 0 Å². The van der Waals surface area contributed by atoms with Crippen LogP contribution >= 0.6 is 0 Å². The normalized spacial score (nSPS) is 12.3. The Bertz CT molecular complexity index is 1410. The molecule has 1 atom stereocenters. The van der Waals surface area contributed by atoms with Gasteiger partial charge in [-0.1, -0.05) is 345 Å². The lowest BCUT2D eigenvalue weighted by atomic mass is 10.0. The zero-order chi connectivity index (χ0) is 59.2. The standard InChI is InChI=1S/C76H140O6/c1-4-7-10-13-16-19-22-24-26-28-30-32-34-36-38-40-42-44-46-48-50-52-54-57-60-63-66-69-75(78)81-72-73(71-80-74(77)68-65-62-59-56-21-18-15-12-9-6-3)82-76(79)70-67-64-61-58-55-53-51-49-47-45-43-41-39-37-35-33-31-29-27-25-23-20-17-14-11-8-5-2/h22-25,28-31,73H,4-21,26-27,32-72H2,1-3H3/b24-22-,25-23-,30-28-,31-29-. The van der Waals surface area contributed by atoms with Gasteiger partial charge in [-0.3, -0.25) is 14.4 Å². The van der Waals surface area contributed by atoms with Crippen LogP contribution in [0.1, 0.15) is 400 Å². The molecule has 0 aliphatic rings. The van der Waals surface area contributed by atoms with Gasteiger partial charge in [0.25, 0.3) is 0 Å². The lowest BCUT2D eigenvalue weighted by Crippen LogP contribution is -2.30. The van der Waals surface area contributed by atoms with Crippen molar-refractivity contribution in [2.24, 2.45) is 0 Å². The van der Waals surface area contributed by atoms with Crippen LogP contribution < -0.4 is 0 Å². The van der Waals surface area contributed by atoms with Gasteiger partial charge in [-0.2, -0.15) is 0 Å². The average molecular weight is 1150 g/mol. The second-order valence-corrected chi connectivity index (χ2v) is 24.9. The summed E-state index contributed by atoms with van der Waals surface area (Å²) < 4.78 is 17.0. The molecule has 0 aromatic rings. The molecule has 0 rings (SSSR count). The van der Waals surface area contributed by atoms with Crippen LogP contribution in [0.5, 0.6) is 0 Å². The van der Waals surface area contributed by atoms with E-state index in [0.29, 0.717) is 19.3 Å². The van der Waals surface area contributed by atoms with Crippen molar-refractivity contribution in [2.45, 2.75) is 406 Å². The Morgan fingerprint density at radius 1 is 0.244 bits per heavy atom. The number of carbonyl (C=O) groups excluding carboxylic acids is 3. The Morgan fingerprint density at radius 3 is 0.671 bits per heavy atom. The molecule has 0 aliphatic carbocycles. The summed E-state index contributed by atoms with van der Waals surface area (Å²) >= 11 is 0. The van der Waals surface area contributed by atoms with Crippen LogP contribution in [0.2, 0.25) is 0 Å². The van der Waals surface area contributed by atoms with Crippen LogP contribution in [-0.4, -0.2) is 37.2 Å². The molecule has 0 aromatic heterocycles. The Labute approximate surface area is 511 Å². The SMILES string of the molecule is CCCCCCC/C=C\C/C=C\CCCCCCCCCCCCCCCCCC(=O)OCC(COC(=O)CCCCCCCCCCCC)OC(=O)CCCCCCCCCCCCCCCCC/C=C\C/C=C\CCCCCCC. The summed E-state index contributed by atoms with van der Waals surface area (Å²) in [6.45, 7) is 6.67. The number of allylic oxidation sites excluding steroid dienone is 8. The second kappa shape index (κ2) is 70.9. The van der Waals surface area contributed by atoms with Crippen LogP contribution in [0.15, 0.2) is 48.6 Å². The third-order valence-electron chi connectivity index (χ3n) is 16.6. The van der Waals surface area contributed by atoms with E-state index < -0.39 is 6.10 Å². The molecule has 0 saturated heterocycles. The van der Waals surface area contributed by atoms with E-state index in [1.54, 1.807) is 0 Å². The highest BCUT2D eigenvalue weighted by molar-refractivity contribution is 5.71. The summed E-state index contributed by atoms with van der Waals surface area (Å²) in [5.41, 5.74) is 0. The quantitative estimate of drug-likeness (QED) is 0.0261. The first kappa shape index (κ1) is 79.4. The van der Waals surface area contributed by atoms with Crippen molar-refractivity contribution in [3.63, 3.8) is 0 Å². The molecule has 0 radical (unpaired) electrons. The molecule has 82 heavy (non-hydrogen) atoms. The molecule has 6 nitrogen and oxygen atoms in total. The zero-order valence-electron chi connectivity index (χ0n) is 55.3. The van der Waals surface area contributed by atoms with Gasteiger partial charge in [-0.05, 0) is 83.5 Å². The first-order chi connectivity index (χ1) is 40.5. The van der Waals surface area contributed by atoms with Gasteiger partial charge in [0.05, 0.1) is 0 Å². The minimum Gasteiger partial charge on any atom is -0.462 e. The van der Waals surface area contributed by atoms with Crippen LogP contribution in [-0.2, 0) is 28.6 Å². The van der Waals surface area contributed by atoms with Gasteiger partial charge in [0.15, 0.2) is 6.10 Å². The number of esters is 3.